The first-order chi connectivity index (χ1) is 8.71. The molecule has 1 aliphatic rings. The van der Waals surface area contributed by atoms with Gasteiger partial charge in [-0.25, -0.2) is 9.67 Å². The number of aryl methyl sites for hydroxylation is 2. The second-order valence-corrected chi connectivity index (χ2v) is 5.34. The Morgan fingerprint density at radius 1 is 1.39 bits per heavy atom. The number of hydrogen-bond donors (Lipinski definition) is 0. The molecule has 0 radical (unpaired) electrons. The van der Waals surface area contributed by atoms with Crippen molar-refractivity contribution in [3.63, 3.8) is 0 Å². The van der Waals surface area contributed by atoms with Crippen LogP contribution in [0.5, 0.6) is 0 Å². The largest absolute Gasteiger partial charge is 0.308 e. The normalized spacial score (nSPS) is 22.9. The van der Waals surface area contributed by atoms with Crippen LogP contribution in [-0.4, -0.2) is 19.3 Å². The van der Waals surface area contributed by atoms with E-state index in [1.165, 1.54) is 12.8 Å². The highest BCUT2D eigenvalue weighted by Crippen LogP contribution is 2.47. The third-order valence-corrected chi connectivity index (χ3v) is 4.22. The summed E-state index contributed by atoms with van der Waals surface area (Å²) < 4.78 is 4.39. The number of aromatic nitrogens is 4. The van der Waals surface area contributed by atoms with Crippen LogP contribution >= 0.6 is 11.6 Å². The zero-order valence-electron chi connectivity index (χ0n) is 11.1. The molecule has 2 unspecified atom stereocenters. The average Bonchev–Trinajstić information content (AvgIpc) is 2.96. The van der Waals surface area contributed by atoms with Crippen molar-refractivity contribution in [3.8, 4) is 0 Å². The van der Waals surface area contributed by atoms with Crippen LogP contribution in [0.15, 0.2) is 0 Å². The first kappa shape index (κ1) is 12.0. The third-order valence-electron chi connectivity index (χ3n) is 3.98. The minimum absolute atomic E-state index is 0.477. The van der Waals surface area contributed by atoms with Crippen LogP contribution in [0.2, 0.25) is 0 Å². The number of imidazole rings is 1. The Bertz CT molecular complexity index is 583. The maximum Gasteiger partial charge on any atom is 0.159 e. The van der Waals surface area contributed by atoms with E-state index in [-0.39, 0.29) is 0 Å². The van der Waals surface area contributed by atoms with E-state index in [1.54, 1.807) is 0 Å². The van der Waals surface area contributed by atoms with Crippen LogP contribution in [0.1, 0.15) is 44.2 Å². The van der Waals surface area contributed by atoms with Crippen molar-refractivity contribution in [3.05, 3.63) is 11.5 Å². The molecule has 0 saturated heterocycles. The van der Waals surface area contributed by atoms with Gasteiger partial charge in [0.25, 0.3) is 0 Å². The van der Waals surface area contributed by atoms with Crippen LogP contribution in [0.25, 0.3) is 11.2 Å². The Balaban J connectivity index is 2.20. The Morgan fingerprint density at radius 2 is 2.17 bits per heavy atom. The minimum atomic E-state index is 0.477. The van der Waals surface area contributed by atoms with Gasteiger partial charge in [0.15, 0.2) is 5.65 Å². The minimum Gasteiger partial charge on any atom is -0.308 e. The standard InChI is InChI=1S/C13H19ClN4/c1-4-9-6-10(9)18-11(7-14)15-12-8(3)16-17(5-2)13(12)18/h9-10H,4-7H2,1-3H3. The quantitative estimate of drug-likeness (QED) is 0.796. The number of rotatable bonds is 4. The molecule has 0 N–H and O–H groups in total. The summed E-state index contributed by atoms with van der Waals surface area (Å²) in [6.45, 7) is 7.27. The fourth-order valence-electron chi connectivity index (χ4n) is 2.88. The van der Waals surface area contributed by atoms with E-state index in [9.17, 15) is 0 Å². The molecule has 18 heavy (non-hydrogen) atoms. The molecular weight excluding hydrogens is 248 g/mol. The SMILES string of the molecule is CCC1CC1n1c(CCl)nc2c(C)nn(CC)c21. The van der Waals surface area contributed by atoms with E-state index in [1.807, 2.05) is 6.92 Å². The van der Waals surface area contributed by atoms with Gasteiger partial charge >= 0.3 is 0 Å². The number of hydrogen-bond acceptors (Lipinski definition) is 2. The Kier molecular flexibility index (Phi) is 2.85. The van der Waals surface area contributed by atoms with E-state index in [2.05, 4.69) is 33.2 Å². The van der Waals surface area contributed by atoms with Crippen molar-refractivity contribution < 1.29 is 0 Å². The van der Waals surface area contributed by atoms with E-state index in [0.717, 1.165) is 35.1 Å². The molecule has 0 bridgehead atoms. The molecule has 3 rings (SSSR count). The number of halogens is 1. The number of alkyl halides is 1. The van der Waals surface area contributed by atoms with Gasteiger partial charge in [-0.05, 0) is 26.2 Å². The maximum atomic E-state index is 6.06. The van der Waals surface area contributed by atoms with Gasteiger partial charge in [-0.3, -0.25) is 0 Å². The van der Waals surface area contributed by atoms with Crippen LogP contribution in [-0.2, 0) is 12.4 Å². The fraction of sp³-hybridized carbons (Fsp3) is 0.692. The molecule has 2 aromatic rings. The lowest BCUT2D eigenvalue weighted by Gasteiger charge is -2.08. The van der Waals surface area contributed by atoms with Gasteiger partial charge in [0.05, 0.1) is 11.6 Å². The van der Waals surface area contributed by atoms with Crippen LogP contribution < -0.4 is 0 Å². The molecule has 1 aliphatic carbocycles. The first-order valence-corrected chi connectivity index (χ1v) is 7.24. The Hall–Kier alpha value is -1.03. The Morgan fingerprint density at radius 3 is 2.72 bits per heavy atom. The predicted molar refractivity (Wildman–Crippen MR) is 72.9 cm³/mol. The summed E-state index contributed by atoms with van der Waals surface area (Å²) in [5.41, 5.74) is 3.19. The second-order valence-electron chi connectivity index (χ2n) is 5.08. The summed E-state index contributed by atoms with van der Waals surface area (Å²) in [5.74, 6) is 2.25. The van der Waals surface area contributed by atoms with E-state index >= 15 is 0 Å². The molecule has 0 aliphatic heterocycles. The summed E-state index contributed by atoms with van der Waals surface area (Å²) in [6, 6.07) is 0.579. The summed E-state index contributed by atoms with van der Waals surface area (Å²) in [7, 11) is 0. The lowest BCUT2D eigenvalue weighted by Crippen LogP contribution is -2.07. The van der Waals surface area contributed by atoms with Crippen molar-refractivity contribution in [2.24, 2.45) is 5.92 Å². The molecule has 1 saturated carbocycles. The lowest BCUT2D eigenvalue weighted by atomic mass is 10.3. The predicted octanol–water partition coefficient (Wildman–Crippen LogP) is 3.27. The van der Waals surface area contributed by atoms with Gasteiger partial charge in [-0.1, -0.05) is 13.3 Å². The molecule has 0 spiro atoms. The Labute approximate surface area is 112 Å². The van der Waals surface area contributed by atoms with Crippen LogP contribution in [0.3, 0.4) is 0 Å². The van der Waals surface area contributed by atoms with Gasteiger partial charge in [-0.15, -0.1) is 11.6 Å². The smallest absolute Gasteiger partial charge is 0.159 e. The van der Waals surface area contributed by atoms with Gasteiger partial charge in [0, 0.05) is 12.6 Å². The van der Waals surface area contributed by atoms with Crippen molar-refractivity contribution in [1.82, 2.24) is 19.3 Å². The average molecular weight is 267 g/mol. The van der Waals surface area contributed by atoms with Gasteiger partial charge in [-0.2, -0.15) is 5.10 Å². The van der Waals surface area contributed by atoms with E-state index in [0.29, 0.717) is 11.9 Å². The van der Waals surface area contributed by atoms with Crippen molar-refractivity contribution in [2.75, 3.05) is 0 Å². The van der Waals surface area contributed by atoms with Gasteiger partial charge in [0.2, 0.25) is 0 Å². The van der Waals surface area contributed by atoms with Gasteiger partial charge in [0.1, 0.15) is 11.3 Å². The molecule has 1 fully saturated rings. The maximum absolute atomic E-state index is 6.06. The number of nitrogens with zero attached hydrogens (tertiary/aromatic N) is 4. The van der Waals surface area contributed by atoms with E-state index in [4.69, 9.17) is 11.6 Å². The lowest BCUT2D eigenvalue weighted by molar-refractivity contribution is 0.595. The molecule has 5 heteroatoms. The summed E-state index contributed by atoms with van der Waals surface area (Å²) in [5, 5.41) is 4.56. The topological polar surface area (TPSA) is 35.6 Å². The fourth-order valence-corrected chi connectivity index (χ4v) is 3.07. The van der Waals surface area contributed by atoms with E-state index < -0.39 is 0 Å². The van der Waals surface area contributed by atoms with Crippen molar-refractivity contribution >= 4 is 22.8 Å². The second kappa shape index (κ2) is 4.26. The highest BCUT2D eigenvalue weighted by atomic mass is 35.5. The summed E-state index contributed by atoms with van der Waals surface area (Å²) in [4.78, 5) is 4.68. The monoisotopic (exact) mass is 266 g/mol. The zero-order chi connectivity index (χ0) is 12.9. The molecule has 4 nitrogen and oxygen atoms in total. The first-order valence-electron chi connectivity index (χ1n) is 6.71. The highest BCUT2D eigenvalue weighted by molar-refractivity contribution is 6.16. The van der Waals surface area contributed by atoms with Gasteiger partial charge < -0.3 is 4.57 Å². The zero-order valence-corrected chi connectivity index (χ0v) is 11.9. The van der Waals surface area contributed by atoms with Crippen LogP contribution in [0, 0.1) is 12.8 Å². The molecule has 0 aromatic carbocycles. The van der Waals surface area contributed by atoms with Crippen molar-refractivity contribution in [2.45, 2.75) is 52.1 Å². The summed E-state index contributed by atoms with van der Waals surface area (Å²) >= 11 is 6.06. The van der Waals surface area contributed by atoms with Crippen LogP contribution in [0.4, 0.5) is 0 Å². The molecule has 98 valence electrons. The molecular formula is C13H19ClN4. The molecule has 2 atom stereocenters. The number of fused-ring (bicyclic) bond motifs is 1. The molecule has 0 amide bonds. The molecule has 2 heterocycles. The summed E-state index contributed by atoms with van der Waals surface area (Å²) in [6.07, 6.45) is 2.48. The highest BCUT2D eigenvalue weighted by Gasteiger charge is 2.40. The third kappa shape index (κ3) is 1.58. The van der Waals surface area contributed by atoms with Crippen molar-refractivity contribution in [1.29, 1.82) is 0 Å². The molecule has 2 aromatic heterocycles.